The van der Waals surface area contributed by atoms with E-state index in [-0.39, 0.29) is 0 Å². The third-order valence-corrected chi connectivity index (χ3v) is 2.29. The van der Waals surface area contributed by atoms with Gasteiger partial charge < -0.3 is 10.1 Å². The van der Waals surface area contributed by atoms with Crippen LogP contribution in [-0.4, -0.2) is 26.8 Å². The molecule has 1 rings (SSSR count). The fourth-order valence-corrected chi connectivity index (χ4v) is 1.52. The molecule has 1 aliphatic carbocycles. The monoisotopic (exact) mass is 169 g/mol. The second-order valence-corrected chi connectivity index (χ2v) is 3.35. The van der Waals surface area contributed by atoms with Crippen LogP contribution in [0.2, 0.25) is 0 Å². The number of hydrogen-bond acceptors (Lipinski definition) is 2. The Morgan fingerprint density at radius 3 is 3.08 bits per heavy atom. The SMILES string of the molecule is COCCNC[C@@H]1CC=CCC1. The van der Waals surface area contributed by atoms with E-state index in [2.05, 4.69) is 17.5 Å². The molecule has 0 fully saturated rings. The molecule has 1 atom stereocenters. The summed E-state index contributed by atoms with van der Waals surface area (Å²) in [6.07, 6.45) is 8.44. The van der Waals surface area contributed by atoms with Crippen LogP contribution in [-0.2, 0) is 4.74 Å². The van der Waals surface area contributed by atoms with E-state index < -0.39 is 0 Å². The number of allylic oxidation sites excluding steroid dienone is 2. The third kappa shape index (κ3) is 3.88. The van der Waals surface area contributed by atoms with Gasteiger partial charge in [0.1, 0.15) is 0 Å². The highest BCUT2D eigenvalue weighted by Gasteiger charge is 2.08. The zero-order chi connectivity index (χ0) is 8.65. The van der Waals surface area contributed by atoms with Crippen molar-refractivity contribution in [2.45, 2.75) is 19.3 Å². The summed E-state index contributed by atoms with van der Waals surface area (Å²) in [6, 6.07) is 0. The first-order valence-corrected chi connectivity index (χ1v) is 4.78. The van der Waals surface area contributed by atoms with Crippen molar-refractivity contribution in [3.63, 3.8) is 0 Å². The fourth-order valence-electron chi connectivity index (χ4n) is 1.52. The lowest BCUT2D eigenvalue weighted by Crippen LogP contribution is -2.26. The Balaban J connectivity index is 1.95. The Kier molecular flexibility index (Phi) is 5.04. The van der Waals surface area contributed by atoms with Crippen molar-refractivity contribution in [2.75, 3.05) is 26.8 Å². The first-order chi connectivity index (χ1) is 5.93. The van der Waals surface area contributed by atoms with Crippen LogP contribution >= 0.6 is 0 Å². The topological polar surface area (TPSA) is 21.3 Å². The smallest absolute Gasteiger partial charge is 0.0587 e. The van der Waals surface area contributed by atoms with Crippen molar-refractivity contribution in [3.8, 4) is 0 Å². The van der Waals surface area contributed by atoms with E-state index in [1.165, 1.54) is 19.3 Å². The van der Waals surface area contributed by atoms with Gasteiger partial charge in [-0.3, -0.25) is 0 Å². The molecule has 0 aromatic rings. The fraction of sp³-hybridized carbons (Fsp3) is 0.800. The molecule has 12 heavy (non-hydrogen) atoms. The molecule has 0 aromatic carbocycles. The maximum atomic E-state index is 4.95. The quantitative estimate of drug-likeness (QED) is 0.498. The van der Waals surface area contributed by atoms with Crippen LogP contribution in [0.4, 0.5) is 0 Å². The first-order valence-electron chi connectivity index (χ1n) is 4.78. The highest BCUT2D eigenvalue weighted by Crippen LogP contribution is 2.16. The molecule has 0 spiro atoms. The average molecular weight is 169 g/mol. The average Bonchev–Trinajstić information content (AvgIpc) is 2.14. The second-order valence-electron chi connectivity index (χ2n) is 3.35. The zero-order valence-electron chi connectivity index (χ0n) is 7.88. The summed E-state index contributed by atoms with van der Waals surface area (Å²) in [5.74, 6) is 0.854. The molecule has 1 N–H and O–H groups in total. The molecule has 0 heterocycles. The van der Waals surface area contributed by atoms with Crippen LogP contribution in [0.5, 0.6) is 0 Å². The van der Waals surface area contributed by atoms with E-state index in [1.54, 1.807) is 7.11 Å². The number of methoxy groups -OCH3 is 1. The van der Waals surface area contributed by atoms with Gasteiger partial charge in [0.15, 0.2) is 0 Å². The summed E-state index contributed by atoms with van der Waals surface area (Å²) in [7, 11) is 1.74. The van der Waals surface area contributed by atoms with Crippen LogP contribution in [0.15, 0.2) is 12.2 Å². The largest absolute Gasteiger partial charge is 0.383 e. The van der Waals surface area contributed by atoms with Gasteiger partial charge in [-0.15, -0.1) is 0 Å². The van der Waals surface area contributed by atoms with Crippen molar-refractivity contribution in [3.05, 3.63) is 12.2 Å². The molecule has 0 bridgehead atoms. The highest BCUT2D eigenvalue weighted by atomic mass is 16.5. The van der Waals surface area contributed by atoms with E-state index in [0.717, 1.165) is 25.6 Å². The molecule has 0 aromatic heterocycles. The lowest BCUT2D eigenvalue weighted by molar-refractivity contribution is 0.197. The van der Waals surface area contributed by atoms with Gasteiger partial charge in [-0.25, -0.2) is 0 Å². The number of nitrogens with one attached hydrogen (secondary N) is 1. The summed E-state index contributed by atoms with van der Waals surface area (Å²) in [4.78, 5) is 0. The Morgan fingerprint density at radius 2 is 2.42 bits per heavy atom. The molecule has 0 amide bonds. The van der Waals surface area contributed by atoms with E-state index in [1.807, 2.05) is 0 Å². The molecular formula is C10H19NO. The van der Waals surface area contributed by atoms with Crippen molar-refractivity contribution < 1.29 is 4.74 Å². The Labute approximate surface area is 75.0 Å². The second kappa shape index (κ2) is 6.21. The van der Waals surface area contributed by atoms with Crippen molar-refractivity contribution in [1.29, 1.82) is 0 Å². The van der Waals surface area contributed by atoms with Crippen LogP contribution < -0.4 is 5.32 Å². The molecular weight excluding hydrogens is 150 g/mol. The molecule has 0 saturated heterocycles. The van der Waals surface area contributed by atoms with Crippen LogP contribution in [0.25, 0.3) is 0 Å². The summed E-state index contributed by atoms with van der Waals surface area (Å²) in [5.41, 5.74) is 0. The first kappa shape index (κ1) is 9.75. The minimum atomic E-state index is 0.822. The summed E-state index contributed by atoms with van der Waals surface area (Å²) < 4.78 is 4.95. The lowest BCUT2D eigenvalue weighted by Gasteiger charge is -2.17. The van der Waals surface area contributed by atoms with Gasteiger partial charge in [0, 0.05) is 13.7 Å². The molecule has 0 unspecified atom stereocenters. The molecule has 2 heteroatoms. The van der Waals surface area contributed by atoms with Gasteiger partial charge >= 0.3 is 0 Å². The van der Waals surface area contributed by atoms with Crippen LogP contribution in [0.3, 0.4) is 0 Å². The molecule has 1 aliphatic rings. The predicted octanol–water partition coefficient (Wildman–Crippen LogP) is 1.58. The van der Waals surface area contributed by atoms with Crippen molar-refractivity contribution in [2.24, 2.45) is 5.92 Å². The predicted molar refractivity (Wildman–Crippen MR) is 51.2 cm³/mol. The Morgan fingerprint density at radius 1 is 1.50 bits per heavy atom. The van der Waals surface area contributed by atoms with Crippen LogP contribution in [0, 0.1) is 5.92 Å². The van der Waals surface area contributed by atoms with E-state index >= 15 is 0 Å². The standard InChI is InChI=1S/C10H19NO/c1-12-8-7-11-9-10-5-3-2-4-6-10/h2-3,10-11H,4-9H2,1H3/t10-/m1/s1. The number of ether oxygens (including phenoxy) is 1. The normalized spacial score (nSPS) is 22.9. The van der Waals surface area contributed by atoms with E-state index in [0.29, 0.717) is 0 Å². The third-order valence-electron chi connectivity index (χ3n) is 2.29. The summed E-state index contributed by atoms with van der Waals surface area (Å²) in [6.45, 7) is 2.95. The lowest BCUT2D eigenvalue weighted by atomic mass is 9.94. The molecule has 0 saturated carbocycles. The van der Waals surface area contributed by atoms with Crippen LogP contribution in [0.1, 0.15) is 19.3 Å². The summed E-state index contributed by atoms with van der Waals surface area (Å²) in [5, 5.41) is 3.40. The van der Waals surface area contributed by atoms with Gasteiger partial charge in [-0.1, -0.05) is 12.2 Å². The molecule has 0 radical (unpaired) electrons. The van der Waals surface area contributed by atoms with Gasteiger partial charge in [-0.2, -0.15) is 0 Å². The van der Waals surface area contributed by atoms with Crippen molar-refractivity contribution >= 4 is 0 Å². The van der Waals surface area contributed by atoms with E-state index in [9.17, 15) is 0 Å². The molecule has 70 valence electrons. The van der Waals surface area contributed by atoms with Crippen molar-refractivity contribution in [1.82, 2.24) is 5.32 Å². The van der Waals surface area contributed by atoms with Gasteiger partial charge in [0.05, 0.1) is 6.61 Å². The van der Waals surface area contributed by atoms with Gasteiger partial charge in [0.25, 0.3) is 0 Å². The number of hydrogen-bond donors (Lipinski definition) is 1. The Bertz CT molecular complexity index is 134. The van der Waals surface area contributed by atoms with E-state index in [4.69, 9.17) is 4.74 Å². The molecule has 0 aliphatic heterocycles. The van der Waals surface area contributed by atoms with Gasteiger partial charge in [-0.05, 0) is 31.7 Å². The molecule has 2 nitrogen and oxygen atoms in total. The summed E-state index contributed by atoms with van der Waals surface area (Å²) >= 11 is 0. The maximum absolute atomic E-state index is 4.95. The minimum Gasteiger partial charge on any atom is -0.383 e. The minimum absolute atomic E-state index is 0.822. The Hall–Kier alpha value is -0.340. The number of rotatable bonds is 5. The maximum Gasteiger partial charge on any atom is 0.0587 e. The zero-order valence-corrected chi connectivity index (χ0v) is 7.88. The van der Waals surface area contributed by atoms with Gasteiger partial charge in [0.2, 0.25) is 0 Å². The highest BCUT2D eigenvalue weighted by molar-refractivity contribution is 4.90.